The molecule has 2 rings (SSSR count). The maximum Gasteiger partial charge on any atom is 0.161 e. The molecule has 0 atom stereocenters. The van der Waals surface area contributed by atoms with E-state index >= 15 is 0 Å². The van der Waals surface area contributed by atoms with E-state index < -0.39 is 0 Å². The highest BCUT2D eigenvalue weighted by Crippen LogP contribution is 2.31. The van der Waals surface area contributed by atoms with Crippen LogP contribution in [-0.2, 0) is 4.79 Å². The van der Waals surface area contributed by atoms with Gasteiger partial charge in [-0.3, -0.25) is 4.79 Å². The predicted octanol–water partition coefficient (Wildman–Crippen LogP) is 5.66. The molecule has 0 aliphatic rings. The molecule has 0 saturated heterocycles. The summed E-state index contributed by atoms with van der Waals surface area (Å²) in [5, 5.41) is 0. The molecule has 0 fully saturated rings. The van der Waals surface area contributed by atoms with Gasteiger partial charge >= 0.3 is 0 Å². The number of aryl methyl sites for hydroxylation is 3. The highest BCUT2D eigenvalue weighted by molar-refractivity contribution is 6.03. The van der Waals surface area contributed by atoms with Gasteiger partial charge in [-0.25, -0.2) is 0 Å². The Morgan fingerprint density at radius 2 is 1.43 bits per heavy atom. The van der Waals surface area contributed by atoms with Gasteiger partial charge in [0.15, 0.2) is 5.78 Å². The molecule has 0 bridgehead atoms. The molecule has 1 nitrogen and oxygen atoms in total. The number of benzene rings is 2. The largest absolute Gasteiger partial charge is 0.294 e. The maximum absolute atomic E-state index is 12.6. The molecule has 23 heavy (non-hydrogen) atoms. The van der Waals surface area contributed by atoms with Gasteiger partial charge in [0.2, 0.25) is 0 Å². The van der Waals surface area contributed by atoms with Crippen LogP contribution in [0.25, 0.3) is 5.57 Å². The van der Waals surface area contributed by atoms with Gasteiger partial charge in [0, 0.05) is 5.41 Å². The second kappa shape index (κ2) is 6.54. The lowest BCUT2D eigenvalue weighted by atomic mass is 9.84. The third kappa shape index (κ3) is 3.98. The Hall–Kier alpha value is -2.15. The van der Waals surface area contributed by atoms with Crippen LogP contribution in [0.15, 0.2) is 48.5 Å². The summed E-state index contributed by atoms with van der Waals surface area (Å²) in [5.41, 5.74) is 6.55. The molecule has 120 valence electrons. The van der Waals surface area contributed by atoms with Crippen LogP contribution in [0.3, 0.4) is 0 Å². The number of ketones is 1. The van der Waals surface area contributed by atoms with Crippen LogP contribution in [0.4, 0.5) is 0 Å². The van der Waals surface area contributed by atoms with Gasteiger partial charge in [-0.2, -0.15) is 0 Å². The molecule has 0 amide bonds. The molecular formula is C22H26O. The smallest absolute Gasteiger partial charge is 0.161 e. The van der Waals surface area contributed by atoms with Crippen molar-refractivity contribution in [3.8, 4) is 0 Å². The standard InChI is InChI=1S/C22H26O/c1-15-12-16(2)21(17(3)13-15)19(14-20(23)22(4,5)6)18-10-8-7-9-11-18/h7-14H,1-6H3/b19-14+. The summed E-state index contributed by atoms with van der Waals surface area (Å²) in [6.45, 7) is 12.2. The Balaban J connectivity index is 2.70. The first-order valence-electron chi connectivity index (χ1n) is 8.10. The van der Waals surface area contributed by atoms with Crippen molar-refractivity contribution in [1.82, 2.24) is 0 Å². The van der Waals surface area contributed by atoms with Crippen molar-refractivity contribution in [1.29, 1.82) is 0 Å². The summed E-state index contributed by atoms with van der Waals surface area (Å²) < 4.78 is 0. The number of carbonyl (C=O) groups is 1. The van der Waals surface area contributed by atoms with Crippen LogP contribution in [0, 0.1) is 26.2 Å². The highest BCUT2D eigenvalue weighted by atomic mass is 16.1. The number of hydrogen-bond acceptors (Lipinski definition) is 1. The summed E-state index contributed by atoms with van der Waals surface area (Å²) in [7, 11) is 0. The SMILES string of the molecule is Cc1cc(C)c(/C(=C/C(=O)C(C)(C)C)c2ccccc2)c(C)c1. The van der Waals surface area contributed by atoms with E-state index in [1.807, 2.05) is 45.0 Å². The quantitative estimate of drug-likeness (QED) is 0.669. The number of hydrogen-bond donors (Lipinski definition) is 0. The zero-order valence-electron chi connectivity index (χ0n) is 15.0. The van der Waals surface area contributed by atoms with Gasteiger partial charge in [0.1, 0.15) is 0 Å². The lowest BCUT2D eigenvalue weighted by Gasteiger charge is -2.19. The maximum atomic E-state index is 12.6. The highest BCUT2D eigenvalue weighted by Gasteiger charge is 2.21. The first-order valence-corrected chi connectivity index (χ1v) is 8.10. The van der Waals surface area contributed by atoms with E-state index in [1.54, 1.807) is 0 Å². The second-order valence-corrected chi connectivity index (χ2v) is 7.31. The van der Waals surface area contributed by atoms with Crippen molar-refractivity contribution in [2.24, 2.45) is 5.41 Å². The van der Waals surface area contributed by atoms with Crippen LogP contribution in [-0.4, -0.2) is 5.78 Å². The van der Waals surface area contributed by atoms with Crippen molar-refractivity contribution >= 4 is 11.4 Å². The average Bonchev–Trinajstić information content (AvgIpc) is 2.45. The van der Waals surface area contributed by atoms with E-state index in [2.05, 4.69) is 45.0 Å². The van der Waals surface area contributed by atoms with Gasteiger partial charge in [-0.05, 0) is 54.7 Å². The fourth-order valence-corrected chi connectivity index (χ4v) is 2.87. The van der Waals surface area contributed by atoms with Gasteiger partial charge in [0.25, 0.3) is 0 Å². The first-order chi connectivity index (χ1) is 10.7. The summed E-state index contributed by atoms with van der Waals surface area (Å²) in [6.07, 6.45) is 1.82. The van der Waals surface area contributed by atoms with Crippen molar-refractivity contribution in [2.75, 3.05) is 0 Å². The van der Waals surface area contributed by atoms with Crippen LogP contribution < -0.4 is 0 Å². The van der Waals surface area contributed by atoms with Crippen molar-refractivity contribution in [3.63, 3.8) is 0 Å². The molecule has 0 spiro atoms. The number of rotatable bonds is 3. The van der Waals surface area contributed by atoms with Gasteiger partial charge in [-0.1, -0.05) is 68.8 Å². The molecule has 2 aromatic carbocycles. The lowest BCUT2D eigenvalue weighted by Crippen LogP contribution is -2.18. The summed E-state index contributed by atoms with van der Waals surface area (Å²) in [6, 6.07) is 14.5. The fourth-order valence-electron chi connectivity index (χ4n) is 2.87. The molecule has 0 saturated carbocycles. The van der Waals surface area contributed by atoms with E-state index in [0.29, 0.717) is 0 Å². The van der Waals surface area contributed by atoms with Crippen molar-refractivity contribution < 1.29 is 4.79 Å². The van der Waals surface area contributed by atoms with Crippen molar-refractivity contribution in [3.05, 3.63) is 76.4 Å². The summed E-state index contributed by atoms with van der Waals surface area (Å²) >= 11 is 0. The summed E-state index contributed by atoms with van der Waals surface area (Å²) in [4.78, 5) is 12.6. The number of carbonyl (C=O) groups excluding carboxylic acids is 1. The molecule has 0 unspecified atom stereocenters. The predicted molar refractivity (Wildman–Crippen MR) is 98.6 cm³/mol. The van der Waals surface area contributed by atoms with Crippen LogP contribution in [0.2, 0.25) is 0 Å². The van der Waals surface area contributed by atoms with E-state index in [9.17, 15) is 4.79 Å². The normalized spacial score (nSPS) is 12.3. The minimum atomic E-state index is -0.382. The van der Waals surface area contributed by atoms with Gasteiger partial charge in [0.05, 0.1) is 0 Å². The zero-order chi connectivity index (χ0) is 17.2. The molecule has 0 radical (unpaired) electrons. The van der Waals surface area contributed by atoms with Crippen LogP contribution in [0.1, 0.15) is 48.6 Å². The summed E-state index contributed by atoms with van der Waals surface area (Å²) in [5.74, 6) is 0.149. The second-order valence-electron chi connectivity index (χ2n) is 7.31. The molecule has 0 aliphatic carbocycles. The monoisotopic (exact) mass is 306 g/mol. The number of allylic oxidation sites excluding steroid dienone is 1. The minimum Gasteiger partial charge on any atom is -0.294 e. The molecule has 0 aliphatic heterocycles. The van der Waals surface area contributed by atoms with E-state index in [-0.39, 0.29) is 11.2 Å². The van der Waals surface area contributed by atoms with Crippen LogP contribution >= 0.6 is 0 Å². The average molecular weight is 306 g/mol. The fraction of sp³-hybridized carbons (Fsp3) is 0.318. The third-order valence-electron chi connectivity index (χ3n) is 4.05. The molecule has 1 heteroatoms. The lowest BCUT2D eigenvalue weighted by molar-refractivity contribution is -0.121. The Morgan fingerprint density at radius 3 is 1.91 bits per heavy atom. The Morgan fingerprint density at radius 1 is 0.913 bits per heavy atom. The minimum absolute atomic E-state index is 0.149. The first kappa shape index (κ1) is 17.2. The van der Waals surface area contributed by atoms with E-state index in [4.69, 9.17) is 0 Å². The molecule has 2 aromatic rings. The molecule has 0 heterocycles. The third-order valence-corrected chi connectivity index (χ3v) is 4.05. The molecule has 0 aromatic heterocycles. The van der Waals surface area contributed by atoms with E-state index in [1.165, 1.54) is 22.3 Å². The van der Waals surface area contributed by atoms with Gasteiger partial charge in [-0.15, -0.1) is 0 Å². The molecule has 0 N–H and O–H groups in total. The molecular weight excluding hydrogens is 280 g/mol. The Bertz CT molecular complexity index is 720. The van der Waals surface area contributed by atoms with Crippen LogP contribution in [0.5, 0.6) is 0 Å². The topological polar surface area (TPSA) is 17.1 Å². The van der Waals surface area contributed by atoms with E-state index in [0.717, 1.165) is 11.1 Å². The Kier molecular flexibility index (Phi) is 4.89. The van der Waals surface area contributed by atoms with Crippen molar-refractivity contribution in [2.45, 2.75) is 41.5 Å². The zero-order valence-corrected chi connectivity index (χ0v) is 15.0. The van der Waals surface area contributed by atoms with Gasteiger partial charge < -0.3 is 0 Å². The Labute approximate surface area is 140 Å².